The smallest absolute Gasteiger partial charge is 0.242 e. The van der Waals surface area contributed by atoms with Gasteiger partial charge in [0.1, 0.15) is 11.8 Å². The molecule has 3 atom stereocenters. The van der Waals surface area contributed by atoms with E-state index < -0.39 is 12.1 Å². The number of nitrogens with one attached hydrogen (secondary N) is 1. The molecule has 1 aromatic rings. The molecule has 2 amide bonds. The summed E-state index contributed by atoms with van der Waals surface area (Å²) in [6.45, 7) is 4.32. The standard InChI is InChI=1S/C19H24ClN3O4/c1-11-5-13(3-4-16(11)20)9-21-19(26)17-7-14(24)10-23(17)18(25)8-15-6-12(2)22-27-15/h4-6,13-14,17,24H,3,7-10H2,1-2H3,(H,21,26)/t13?,14-,17+/m1/s1. The molecular weight excluding hydrogens is 370 g/mol. The van der Waals surface area contributed by atoms with Gasteiger partial charge in [0.25, 0.3) is 0 Å². The third-order valence-electron chi connectivity index (χ3n) is 4.90. The van der Waals surface area contributed by atoms with Crippen LogP contribution in [0.2, 0.25) is 0 Å². The van der Waals surface area contributed by atoms with E-state index in [1.54, 1.807) is 13.0 Å². The molecule has 0 radical (unpaired) electrons. The van der Waals surface area contributed by atoms with Gasteiger partial charge in [-0.2, -0.15) is 0 Å². The van der Waals surface area contributed by atoms with Crippen molar-refractivity contribution in [2.75, 3.05) is 13.1 Å². The number of rotatable bonds is 5. The zero-order chi connectivity index (χ0) is 19.6. The topological polar surface area (TPSA) is 95.7 Å². The molecule has 1 fully saturated rings. The first kappa shape index (κ1) is 19.6. The van der Waals surface area contributed by atoms with E-state index in [0.29, 0.717) is 18.0 Å². The first-order valence-corrected chi connectivity index (χ1v) is 9.43. The van der Waals surface area contributed by atoms with Crippen molar-refractivity contribution in [3.8, 4) is 0 Å². The second-order valence-corrected chi connectivity index (χ2v) is 7.61. The van der Waals surface area contributed by atoms with Crippen LogP contribution in [-0.4, -0.2) is 52.2 Å². The molecule has 2 heterocycles. The Morgan fingerprint density at radius 3 is 2.89 bits per heavy atom. The third-order valence-corrected chi connectivity index (χ3v) is 5.36. The molecule has 0 saturated carbocycles. The molecule has 2 N–H and O–H groups in total. The van der Waals surface area contributed by atoms with Crippen LogP contribution < -0.4 is 5.32 Å². The van der Waals surface area contributed by atoms with E-state index in [9.17, 15) is 14.7 Å². The average molecular weight is 394 g/mol. The van der Waals surface area contributed by atoms with Crippen molar-refractivity contribution < 1.29 is 19.2 Å². The molecule has 1 unspecified atom stereocenters. The number of carbonyl (C=O) groups excluding carboxylic acids is 2. The molecule has 27 heavy (non-hydrogen) atoms. The van der Waals surface area contributed by atoms with E-state index in [-0.39, 0.29) is 37.1 Å². The second kappa shape index (κ2) is 8.27. The minimum Gasteiger partial charge on any atom is -0.391 e. The summed E-state index contributed by atoms with van der Waals surface area (Å²) >= 11 is 6.06. The van der Waals surface area contributed by atoms with Crippen molar-refractivity contribution in [1.29, 1.82) is 0 Å². The number of amides is 2. The van der Waals surface area contributed by atoms with Crippen LogP contribution in [0.5, 0.6) is 0 Å². The highest BCUT2D eigenvalue weighted by Gasteiger charge is 2.39. The van der Waals surface area contributed by atoms with Gasteiger partial charge in [0.2, 0.25) is 11.8 Å². The molecule has 1 aromatic heterocycles. The second-order valence-electron chi connectivity index (χ2n) is 7.21. The lowest BCUT2D eigenvalue weighted by Gasteiger charge is -2.24. The van der Waals surface area contributed by atoms with Gasteiger partial charge in [-0.05, 0) is 31.8 Å². The predicted molar refractivity (Wildman–Crippen MR) is 99.9 cm³/mol. The van der Waals surface area contributed by atoms with Crippen molar-refractivity contribution in [3.05, 3.63) is 40.3 Å². The van der Waals surface area contributed by atoms with E-state index in [1.807, 2.05) is 19.1 Å². The maximum Gasteiger partial charge on any atom is 0.242 e. The van der Waals surface area contributed by atoms with Gasteiger partial charge >= 0.3 is 0 Å². The monoisotopic (exact) mass is 393 g/mol. The largest absolute Gasteiger partial charge is 0.391 e. The van der Waals surface area contributed by atoms with E-state index in [2.05, 4.69) is 10.5 Å². The highest BCUT2D eigenvalue weighted by Crippen LogP contribution is 2.25. The molecule has 0 aromatic carbocycles. The number of likely N-dealkylation sites (tertiary alicyclic amines) is 1. The molecule has 1 aliphatic heterocycles. The average Bonchev–Trinajstić information content (AvgIpc) is 3.21. The van der Waals surface area contributed by atoms with Gasteiger partial charge in [0.15, 0.2) is 0 Å². The van der Waals surface area contributed by atoms with Crippen LogP contribution in [0.15, 0.2) is 33.3 Å². The van der Waals surface area contributed by atoms with Gasteiger partial charge < -0.3 is 19.8 Å². The lowest BCUT2D eigenvalue weighted by molar-refractivity contribution is -0.138. The molecule has 0 bridgehead atoms. The van der Waals surface area contributed by atoms with E-state index in [1.165, 1.54) is 4.90 Å². The SMILES string of the molecule is CC1=CC(CNC(=O)[C@@H]2C[C@@H](O)CN2C(=O)Cc2cc(C)no2)CC=C1Cl. The Morgan fingerprint density at radius 2 is 2.22 bits per heavy atom. The van der Waals surface area contributed by atoms with Crippen LogP contribution in [-0.2, 0) is 16.0 Å². The highest BCUT2D eigenvalue weighted by molar-refractivity contribution is 6.32. The number of hydrogen-bond donors (Lipinski definition) is 2. The van der Waals surface area contributed by atoms with Crippen molar-refractivity contribution in [1.82, 2.24) is 15.4 Å². The van der Waals surface area contributed by atoms with Gasteiger partial charge in [0, 0.05) is 30.6 Å². The Bertz CT molecular complexity index is 786. The molecule has 1 saturated heterocycles. The summed E-state index contributed by atoms with van der Waals surface area (Å²) in [6, 6.07) is 1.01. The third kappa shape index (κ3) is 4.78. The number of halogens is 1. The van der Waals surface area contributed by atoms with Gasteiger partial charge in [-0.3, -0.25) is 9.59 Å². The highest BCUT2D eigenvalue weighted by atomic mass is 35.5. The number of carbonyl (C=O) groups is 2. The van der Waals surface area contributed by atoms with Gasteiger partial charge in [-0.1, -0.05) is 28.9 Å². The van der Waals surface area contributed by atoms with Crippen molar-refractivity contribution in [2.45, 2.75) is 45.3 Å². The fraction of sp³-hybridized carbons (Fsp3) is 0.526. The number of allylic oxidation sites excluding steroid dienone is 3. The Kier molecular flexibility index (Phi) is 6.01. The van der Waals surface area contributed by atoms with E-state index in [4.69, 9.17) is 16.1 Å². The van der Waals surface area contributed by atoms with Crippen LogP contribution in [0, 0.1) is 12.8 Å². The van der Waals surface area contributed by atoms with Crippen LogP contribution in [0.1, 0.15) is 31.2 Å². The summed E-state index contributed by atoms with van der Waals surface area (Å²) in [4.78, 5) is 26.6. The van der Waals surface area contributed by atoms with Crippen molar-refractivity contribution >= 4 is 23.4 Å². The zero-order valence-corrected chi connectivity index (χ0v) is 16.2. The minimum atomic E-state index is -0.709. The number of β-amino-alcohol motifs (C(OH)–C–C–N with tert-alkyl or cyclic N) is 1. The molecule has 0 spiro atoms. The van der Waals surface area contributed by atoms with Crippen LogP contribution in [0.25, 0.3) is 0 Å². The van der Waals surface area contributed by atoms with Gasteiger partial charge in [-0.15, -0.1) is 0 Å². The predicted octanol–water partition coefficient (Wildman–Crippen LogP) is 1.69. The molecule has 7 nitrogen and oxygen atoms in total. The molecule has 2 aliphatic rings. The molecule has 8 heteroatoms. The Labute approximate surface area is 163 Å². The molecular formula is C19H24ClN3O4. The molecule has 146 valence electrons. The van der Waals surface area contributed by atoms with Crippen molar-refractivity contribution in [3.63, 3.8) is 0 Å². The number of aliphatic hydroxyl groups is 1. The molecule has 3 rings (SSSR count). The normalized spacial score (nSPS) is 25.2. The lowest BCUT2D eigenvalue weighted by Crippen LogP contribution is -2.47. The quantitative estimate of drug-likeness (QED) is 0.793. The summed E-state index contributed by atoms with van der Waals surface area (Å²) in [6.07, 6.45) is 4.30. The van der Waals surface area contributed by atoms with E-state index in [0.717, 1.165) is 17.0 Å². The summed E-state index contributed by atoms with van der Waals surface area (Å²) < 4.78 is 5.08. The van der Waals surface area contributed by atoms with Crippen molar-refractivity contribution in [2.24, 2.45) is 5.92 Å². The van der Waals surface area contributed by atoms with E-state index >= 15 is 0 Å². The Morgan fingerprint density at radius 1 is 1.44 bits per heavy atom. The van der Waals surface area contributed by atoms with Crippen LogP contribution >= 0.6 is 11.6 Å². The van der Waals surface area contributed by atoms with Crippen LogP contribution in [0.3, 0.4) is 0 Å². The maximum absolute atomic E-state index is 12.6. The Hall–Kier alpha value is -2.12. The summed E-state index contributed by atoms with van der Waals surface area (Å²) in [7, 11) is 0. The number of aromatic nitrogens is 1. The van der Waals surface area contributed by atoms with Gasteiger partial charge in [-0.25, -0.2) is 0 Å². The summed E-state index contributed by atoms with van der Waals surface area (Å²) in [5.41, 5.74) is 1.69. The lowest BCUT2D eigenvalue weighted by atomic mass is 9.96. The first-order valence-electron chi connectivity index (χ1n) is 9.05. The number of nitrogens with zero attached hydrogens (tertiary/aromatic N) is 2. The Balaban J connectivity index is 1.58. The summed E-state index contributed by atoms with van der Waals surface area (Å²) in [5.74, 6) is 0.111. The van der Waals surface area contributed by atoms with Crippen LogP contribution in [0.4, 0.5) is 0 Å². The minimum absolute atomic E-state index is 0.0190. The fourth-order valence-corrected chi connectivity index (χ4v) is 3.65. The number of aryl methyl sites for hydroxylation is 1. The number of hydrogen-bond acceptors (Lipinski definition) is 5. The van der Waals surface area contributed by atoms with Gasteiger partial charge in [0.05, 0.1) is 18.2 Å². The zero-order valence-electron chi connectivity index (χ0n) is 15.4. The summed E-state index contributed by atoms with van der Waals surface area (Å²) in [5, 5.41) is 17.4. The number of aliphatic hydroxyl groups excluding tert-OH is 1. The maximum atomic E-state index is 12.6. The fourth-order valence-electron chi connectivity index (χ4n) is 3.50. The first-order chi connectivity index (χ1) is 12.8. The molecule has 1 aliphatic carbocycles.